The summed E-state index contributed by atoms with van der Waals surface area (Å²) in [5, 5.41) is 5.85. The van der Waals surface area contributed by atoms with Gasteiger partial charge in [-0.25, -0.2) is 12.7 Å². The van der Waals surface area contributed by atoms with Gasteiger partial charge in [0, 0.05) is 37.7 Å². The lowest BCUT2D eigenvalue weighted by molar-refractivity contribution is -0.124. The third kappa shape index (κ3) is 5.07. The lowest BCUT2D eigenvalue weighted by Gasteiger charge is -2.25. The van der Waals surface area contributed by atoms with E-state index in [9.17, 15) is 13.2 Å². The molecule has 1 amide bonds. The zero-order chi connectivity index (χ0) is 13.7. The number of nitrogens with one attached hydrogen (secondary N) is 2. The van der Waals surface area contributed by atoms with Crippen LogP contribution in [0.15, 0.2) is 0 Å². The Hall–Kier alpha value is -0.0200. The van der Waals surface area contributed by atoms with E-state index in [-0.39, 0.29) is 36.5 Å². The van der Waals surface area contributed by atoms with Crippen molar-refractivity contribution in [1.82, 2.24) is 14.9 Å². The van der Waals surface area contributed by atoms with Crippen LogP contribution in [0.5, 0.6) is 0 Å². The molecule has 2 N–H and O–H groups in total. The minimum atomic E-state index is -3.21. The molecule has 6 nitrogen and oxygen atoms in total. The van der Waals surface area contributed by atoms with Gasteiger partial charge in [0.15, 0.2) is 0 Å². The van der Waals surface area contributed by atoms with Crippen LogP contribution in [0.25, 0.3) is 0 Å². The lowest BCUT2D eigenvalue weighted by Crippen LogP contribution is -2.42. The Kier molecular flexibility index (Phi) is 7.60. The van der Waals surface area contributed by atoms with Gasteiger partial charge in [-0.15, -0.1) is 12.4 Å². The first-order valence-corrected chi connectivity index (χ1v) is 9.40. The van der Waals surface area contributed by atoms with Gasteiger partial charge in [0.1, 0.15) is 0 Å². The first-order valence-electron chi connectivity index (χ1n) is 6.63. The largest absolute Gasteiger partial charge is 0.355 e. The Morgan fingerprint density at radius 3 is 2.65 bits per heavy atom. The van der Waals surface area contributed by atoms with E-state index < -0.39 is 10.0 Å². The fourth-order valence-electron chi connectivity index (χ4n) is 2.28. The maximum atomic E-state index is 12.0. The van der Waals surface area contributed by atoms with Gasteiger partial charge in [-0.2, -0.15) is 11.8 Å². The number of thioether (sulfide) groups is 1. The van der Waals surface area contributed by atoms with Crippen LogP contribution in [-0.2, 0) is 14.8 Å². The van der Waals surface area contributed by atoms with Crippen molar-refractivity contribution in [2.45, 2.75) is 6.42 Å². The number of sulfonamides is 1. The summed E-state index contributed by atoms with van der Waals surface area (Å²) in [5.41, 5.74) is 0. The second-order valence-corrected chi connectivity index (χ2v) is 8.12. The van der Waals surface area contributed by atoms with E-state index in [2.05, 4.69) is 10.6 Å². The topological polar surface area (TPSA) is 78.5 Å². The normalized spacial score (nSPS) is 24.1. The molecule has 118 valence electrons. The molecule has 2 rings (SSSR count). The van der Waals surface area contributed by atoms with E-state index >= 15 is 0 Å². The monoisotopic (exact) mass is 343 g/mol. The zero-order valence-corrected chi connectivity index (χ0v) is 13.8. The third-order valence-electron chi connectivity index (χ3n) is 3.45. The minimum absolute atomic E-state index is 0. The molecule has 1 unspecified atom stereocenters. The van der Waals surface area contributed by atoms with Crippen LogP contribution < -0.4 is 10.6 Å². The standard InChI is InChI=1S/C11H21N3O3S2.ClH/c15-11(10-1-2-12-9-10)13-3-8-19(16,17)14-4-6-18-7-5-14;/h10,12H,1-9H2,(H,13,15);1H. The Morgan fingerprint density at radius 2 is 2.05 bits per heavy atom. The predicted molar refractivity (Wildman–Crippen MR) is 83.9 cm³/mol. The molecule has 2 fully saturated rings. The van der Waals surface area contributed by atoms with Crippen LogP contribution in [0, 0.1) is 5.92 Å². The Balaban J connectivity index is 0.00000200. The quantitative estimate of drug-likeness (QED) is 0.704. The molecular formula is C11H22ClN3O3S2. The van der Waals surface area contributed by atoms with Gasteiger partial charge in [0.25, 0.3) is 0 Å². The Morgan fingerprint density at radius 1 is 1.35 bits per heavy atom. The van der Waals surface area contributed by atoms with E-state index in [0.29, 0.717) is 19.6 Å². The van der Waals surface area contributed by atoms with Crippen molar-refractivity contribution >= 4 is 40.1 Å². The highest BCUT2D eigenvalue weighted by Crippen LogP contribution is 2.13. The summed E-state index contributed by atoms with van der Waals surface area (Å²) in [4.78, 5) is 11.7. The summed E-state index contributed by atoms with van der Waals surface area (Å²) in [6, 6.07) is 0. The Bertz CT molecular complexity index is 407. The van der Waals surface area contributed by atoms with Crippen molar-refractivity contribution in [3.05, 3.63) is 0 Å². The minimum Gasteiger partial charge on any atom is -0.355 e. The fraction of sp³-hybridized carbons (Fsp3) is 0.909. The highest BCUT2D eigenvalue weighted by Gasteiger charge is 2.25. The first kappa shape index (κ1) is 18.0. The average Bonchev–Trinajstić information content (AvgIpc) is 2.93. The number of halogens is 1. The van der Waals surface area contributed by atoms with Gasteiger partial charge in [-0.05, 0) is 13.0 Å². The second-order valence-electron chi connectivity index (χ2n) is 4.81. The SMILES string of the molecule is Cl.O=C(NCCS(=O)(=O)N1CCSCC1)C1CCNC1. The summed E-state index contributed by atoms with van der Waals surface area (Å²) in [6.45, 7) is 2.95. The molecule has 1 atom stereocenters. The van der Waals surface area contributed by atoms with Crippen LogP contribution in [0.2, 0.25) is 0 Å². The average molecular weight is 344 g/mol. The van der Waals surface area contributed by atoms with Crippen LogP contribution in [0.3, 0.4) is 0 Å². The number of nitrogens with zero attached hydrogens (tertiary/aromatic N) is 1. The van der Waals surface area contributed by atoms with Crippen LogP contribution in [0.4, 0.5) is 0 Å². The molecule has 0 aromatic heterocycles. The molecule has 0 saturated carbocycles. The van der Waals surface area contributed by atoms with Crippen LogP contribution >= 0.6 is 24.2 Å². The van der Waals surface area contributed by atoms with E-state index in [0.717, 1.165) is 24.5 Å². The van der Waals surface area contributed by atoms with Crippen molar-refractivity contribution in [2.75, 3.05) is 50.0 Å². The number of amides is 1. The summed E-state index contributed by atoms with van der Waals surface area (Å²) in [7, 11) is -3.21. The second kappa shape index (κ2) is 8.43. The van der Waals surface area contributed by atoms with Gasteiger partial charge in [-0.1, -0.05) is 0 Å². The molecule has 9 heteroatoms. The predicted octanol–water partition coefficient (Wildman–Crippen LogP) is -0.487. The number of hydrogen-bond acceptors (Lipinski definition) is 5. The molecule has 2 aliphatic heterocycles. The summed E-state index contributed by atoms with van der Waals surface area (Å²) in [5.74, 6) is 1.69. The van der Waals surface area contributed by atoms with Crippen LogP contribution in [0.1, 0.15) is 6.42 Å². The lowest BCUT2D eigenvalue weighted by atomic mass is 10.1. The number of carbonyl (C=O) groups is 1. The number of carbonyl (C=O) groups excluding carboxylic acids is 1. The summed E-state index contributed by atoms with van der Waals surface area (Å²) in [6.07, 6.45) is 0.835. The number of rotatable bonds is 5. The molecule has 0 radical (unpaired) electrons. The van der Waals surface area contributed by atoms with Crippen molar-refractivity contribution in [1.29, 1.82) is 0 Å². The van der Waals surface area contributed by atoms with E-state index in [1.54, 1.807) is 11.8 Å². The molecule has 0 bridgehead atoms. The summed E-state index contributed by atoms with van der Waals surface area (Å²) < 4.78 is 25.6. The molecule has 2 saturated heterocycles. The fourth-order valence-corrected chi connectivity index (χ4v) is 4.77. The highest BCUT2D eigenvalue weighted by atomic mass is 35.5. The van der Waals surface area contributed by atoms with Gasteiger partial charge >= 0.3 is 0 Å². The van der Waals surface area contributed by atoms with Gasteiger partial charge in [-0.3, -0.25) is 4.79 Å². The molecule has 0 aromatic rings. The molecule has 0 aliphatic carbocycles. The zero-order valence-electron chi connectivity index (χ0n) is 11.3. The highest BCUT2D eigenvalue weighted by molar-refractivity contribution is 7.99. The van der Waals surface area contributed by atoms with E-state index in [4.69, 9.17) is 0 Å². The maximum Gasteiger partial charge on any atom is 0.224 e. The smallest absolute Gasteiger partial charge is 0.224 e. The first-order chi connectivity index (χ1) is 9.09. The van der Waals surface area contributed by atoms with E-state index in [1.165, 1.54) is 4.31 Å². The molecule has 0 spiro atoms. The van der Waals surface area contributed by atoms with Gasteiger partial charge in [0.05, 0.1) is 11.7 Å². The van der Waals surface area contributed by atoms with E-state index in [1.807, 2.05) is 0 Å². The third-order valence-corrected chi connectivity index (χ3v) is 6.27. The van der Waals surface area contributed by atoms with Gasteiger partial charge in [0.2, 0.25) is 15.9 Å². The number of hydrogen-bond donors (Lipinski definition) is 2. The molecule has 2 aliphatic rings. The molecule has 0 aromatic carbocycles. The molecular weight excluding hydrogens is 322 g/mol. The summed E-state index contributed by atoms with van der Waals surface area (Å²) >= 11 is 1.78. The van der Waals surface area contributed by atoms with Gasteiger partial charge < -0.3 is 10.6 Å². The van der Waals surface area contributed by atoms with Crippen LogP contribution in [-0.4, -0.2) is 68.6 Å². The van der Waals surface area contributed by atoms with Crippen molar-refractivity contribution in [3.63, 3.8) is 0 Å². The molecule has 2 heterocycles. The maximum absolute atomic E-state index is 12.0. The van der Waals surface area contributed by atoms with Crippen molar-refractivity contribution in [2.24, 2.45) is 5.92 Å². The van der Waals surface area contributed by atoms with Crippen molar-refractivity contribution < 1.29 is 13.2 Å². The molecule has 20 heavy (non-hydrogen) atoms. The van der Waals surface area contributed by atoms with Crippen molar-refractivity contribution in [3.8, 4) is 0 Å². The Labute approximate surface area is 130 Å².